The molecule has 7 heteroatoms. The van der Waals surface area contributed by atoms with Gasteiger partial charge in [0.1, 0.15) is 5.82 Å². The fourth-order valence-electron chi connectivity index (χ4n) is 3.73. The van der Waals surface area contributed by atoms with Gasteiger partial charge in [0.05, 0.1) is 5.69 Å². The largest absolute Gasteiger partial charge is 0.501 e. The maximum atomic E-state index is 12.9. The van der Waals surface area contributed by atoms with Crippen LogP contribution in [0.2, 0.25) is 0 Å². The number of hydrogen-bond acceptors (Lipinski definition) is 5. The van der Waals surface area contributed by atoms with Gasteiger partial charge in [-0.2, -0.15) is 4.98 Å². The molecule has 2 aromatic heterocycles. The van der Waals surface area contributed by atoms with Crippen molar-refractivity contribution in [2.24, 2.45) is 0 Å². The van der Waals surface area contributed by atoms with E-state index in [1.165, 1.54) is 0 Å². The molecule has 3 heterocycles. The molecule has 1 aliphatic rings. The van der Waals surface area contributed by atoms with Gasteiger partial charge in [-0.05, 0) is 25.5 Å². The van der Waals surface area contributed by atoms with Crippen molar-refractivity contribution in [2.75, 3.05) is 6.54 Å². The maximum absolute atomic E-state index is 12.9. The van der Waals surface area contributed by atoms with Crippen molar-refractivity contribution in [2.45, 2.75) is 32.9 Å². The molecular weight excluding hydrogens is 368 g/mol. The smallest absolute Gasteiger partial charge is 0.315 e. The second-order valence-electron chi connectivity index (χ2n) is 7.31. The molecule has 3 aromatic rings. The molecule has 4 rings (SSSR count). The van der Waals surface area contributed by atoms with Crippen molar-refractivity contribution in [3.63, 3.8) is 0 Å². The van der Waals surface area contributed by atoms with Crippen LogP contribution in [0, 0.1) is 0 Å². The maximum Gasteiger partial charge on any atom is 0.315 e. The van der Waals surface area contributed by atoms with E-state index in [9.17, 15) is 14.7 Å². The number of aromatic nitrogens is 3. The average Bonchev–Trinajstić information content (AvgIpc) is 2.72. The van der Waals surface area contributed by atoms with Crippen LogP contribution in [0.1, 0.15) is 35.9 Å². The zero-order valence-corrected chi connectivity index (χ0v) is 16.4. The minimum absolute atomic E-state index is 0.0112. The van der Waals surface area contributed by atoms with Gasteiger partial charge in [0.25, 0.3) is 5.91 Å². The fourth-order valence-corrected chi connectivity index (χ4v) is 3.73. The van der Waals surface area contributed by atoms with Gasteiger partial charge >= 0.3 is 5.56 Å². The topological polar surface area (TPSA) is 88.3 Å². The predicted molar refractivity (Wildman–Crippen MR) is 109 cm³/mol. The Hall–Kier alpha value is -3.48. The molecular formula is C22H22N4O3. The monoisotopic (exact) mass is 390 g/mol. The minimum atomic E-state index is -0.789. The highest BCUT2D eigenvalue weighted by Crippen LogP contribution is 2.26. The zero-order valence-electron chi connectivity index (χ0n) is 16.4. The van der Waals surface area contributed by atoms with Gasteiger partial charge in [0.15, 0.2) is 5.69 Å². The lowest BCUT2D eigenvalue weighted by Gasteiger charge is -2.33. The molecule has 1 amide bonds. The summed E-state index contributed by atoms with van der Waals surface area (Å²) in [4.78, 5) is 35.4. The lowest BCUT2D eigenvalue weighted by molar-refractivity contribution is 0.0638. The number of pyridine rings is 1. The molecule has 0 saturated heterocycles. The van der Waals surface area contributed by atoms with Crippen LogP contribution in [0.3, 0.4) is 0 Å². The van der Waals surface area contributed by atoms with Crippen LogP contribution >= 0.6 is 0 Å². The van der Waals surface area contributed by atoms with E-state index in [0.29, 0.717) is 18.9 Å². The van der Waals surface area contributed by atoms with Gasteiger partial charge in [-0.3, -0.25) is 14.6 Å². The van der Waals surface area contributed by atoms with Crippen LogP contribution in [0.5, 0.6) is 5.75 Å². The van der Waals surface area contributed by atoms with Crippen molar-refractivity contribution < 1.29 is 9.90 Å². The first-order chi connectivity index (χ1) is 14.0. The lowest BCUT2D eigenvalue weighted by Crippen LogP contribution is -2.46. The number of amides is 1. The number of carbonyl (C=O) groups is 1. The quantitative estimate of drug-likeness (QED) is 0.739. The second kappa shape index (κ2) is 7.50. The molecule has 7 nitrogen and oxygen atoms in total. The van der Waals surface area contributed by atoms with Crippen molar-refractivity contribution in [3.05, 3.63) is 76.2 Å². The summed E-state index contributed by atoms with van der Waals surface area (Å²) >= 11 is 0. The van der Waals surface area contributed by atoms with E-state index < -0.39 is 11.3 Å². The summed E-state index contributed by atoms with van der Waals surface area (Å²) < 4.78 is 1.65. The van der Waals surface area contributed by atoms with E-state index in [1.807, 2.05) is 56.3 Å². The van der Waals surface area contributed by atoms with Crippen molar-refractivity contribution in [1.82, 2.24) is 19.4 Å². The normalized spacial score (nSPS) is 13.6. The molecule has 29 heavy (non-hydrogen) atoms. The summed E-state index contributed by atoms with van der Waals surface area (Å²) in [6.07, 6.45) is 1.98. The van der Waals surface area contributed by atoms with Gasteiger partial charge < -0.3 is 14.6 Å². The summed E-state index contributed by atoms with van der Waals surface area (Å²) in [5.41, 5.74) is 1.93. The summed E-state index contributed by atoms with van der Waals surface area (Å²) in [7, 11) is 0. The Bertz CT molecular complexity index is 1120. The summed E-state index contributed by atoms with van der Waals surface area (Å²) in [6, 6.07) is 13.7. The number of fused-ring (bicyclic) bond motifs is 1. The molecule has 0 aliphatic carbocycles. The molecule has 1 N–H and O–H groups in total. The number of benzene rings is 1. The minimum Gasteiger partial charge on any atom is -0.501 e. The van der Waals surface area contributed by atoms with Gasteiger partial charge in [0.2, 0.25) is 5.75 Å². The van der Waals surface area contributed by atoms with Gasteiger partial charge in [-0.25, -0.2) is 0 Å². The van der Waals surface area contributed by atoms with Crippen LogP contribution in [-0.2, 0) is 13.0 Å². The van der Waals surface area contributed by atoms with Crippen LogP contribution < -0.4 is 5.56 Å². The highest BCUT2D eigenvalue weighted by Gasteiger charge is 2.32. The zero-order chi connectivity index (χ0) is 20.5. The number of nitrogens with zero attached hydrogens (tertiary/aromatic N) is 4. The fraction of sp³-hybridized carbons (Fsp3) is 0.273. The second-order valence-corrected chi connectivity index (χ2v) is 7.31. The van der Waals surface area contributed by atoms with E-state index in [1.54, 1.807) is 15.7 Å². The highest BCUT2D eigenvalue weighted by molar-refractivity contribution is 5.95. The molecule has 0 unspecified atom stereocenters. The SMILES string of the molecule is CC(C)N1CCn2c(Cc3ncccc3-c3ccccc3)nc(=O)c(O)c2C1=O. The molecule has 0 atom stereocenters. The lowest BCUT2D eigenvalue weighted by atomic mass is 10.0. The van der Waals surface area contributed by atoms with Crippen molar-refractivity contribution in [3.8, 4) is 16.9 Å². The van der Waals surface area contributed by atoms with Crippen LogP contribution in [0.4, 0.5) is 0 Å². The average molecular weight is 390 g/mol. The number of aromatic hydroxyl groups is 1. The molecule has 0 bridgehead atoms. The first-order valence-electron chi connectivity index (χ1n) is 9.60. The third-order valence-electron chi connectivity index (χ3n) is 5.19. The Kier molecular flexibility index (Phi) is 4.88. The predicted octanol–water partition coefficient (Wildman–Crippen LogP) is 2.47. The van der Waals surface area contributed by atoms with Gasteiger partial charge in [-0.1, -0.05) is 36.4 Å². The number of rotatable bonds is 4. The van der Waals surface area contributed by atoms with Crippen LogP contribution in [0.25, 0.3) is 11.1 Å². The number of hydrogen-bond donors (Lipinski definition) is 1. The molecule has 1 aliphatic heterocycles. The van der Waals surface area contributed by atoms with E-state index in [4.69, 9.17) is 0 Å². The molecule has 0 spiro atoms. The van der Waals surface area contributed by atoms with Crippen molar-refractivity contribution in [1.29, 1.82) is 0 Å². The van der Waals surface area contributed by atoms with E-state index in [0.717, 1.165) is 16.8 Å². The molecule has 0 fully saturated rings. The van der Waals surface area contributed by atoms with E-state index >= 15 is 0 Å². The van der Waals surface area contributed by atoms with Gasteiger partial charge in [0, 0.05) is 37.3 Å². The Morgan fingerprint density at radius 3 is 2.55 bits per heavy atom. The molecule has 1 aromatic carbocycles. The highest BCUT2D eigenvalue weighted by atomic mass is 16.3. The van der Waals surface area contributed by atoms with Gasteiger partial charge in [-0.15, -0.1) is 0 Å². The summed E-state index contributed by atoms with van der Waals surface area (Å²) in [6.45, 7) is 4.77. The third-order valence-corrected chi connectivity index (χ3v) is 5.19. The van der Waals surface area contributed by atoms with E-state index in [2.05, 4.69) is 9.97 Å². The molecule has 0 saturated carbocycles. The van der Waals surface area contributed by atoms with Crippen molar-refractivity contribution >= 4 is 5.91 Å². The molecule has 0 radical (unpaired) electrons. The Balaban J connectivity index is 1.81. The number of carbonyl (C=O) groups excluding carboxylic acids is 1. The third kappa shape index (κ3) is 3.40. The first-order valence-corrected chi connectivity index (χ1v) is 9.60. The summed E-state index contributed by atoms with van der Waals surface area (Å²) in [5.74, 6) is -0.516. The van der Waals surface area contributed by atoms with Crippen LogP contribution in [0.15, 0.2) is 53.5 Å². The summed E-state index contributed by atoms with van der Waals surface area (Å²) in [5, 5.41) is 10.3. The molecule has 148 valence electrons. The van der Waals surface area contributed by atoms with Crippen LogP contribution in [-0.4, -0.2) is 43.0 Å². The Labute approximate surface area is 168 Å². The first kappa shape index (κ1) is 18.9. The van der Waals surface area contributed by atoms with E-state index in [-0.39, 0.29) is 24.1 Å². The Morgan fingerprint density at radius 2 is 1.83 bits per heavy atom. The Morgan fingerprint density at radius 1 is 1.07 bits per heavy atom. The standard InChI is InChI=1S/C22H22N4O3/c1-14(2)25-11-12-26-18(24-21(28)20(27)19(26)22(25)29)13-17-16(9-6-10-23-17)15-7-4-3-5-8-15/h3-10,14,27H,11-13H2,1-2H3.